The second kappa shape index (κ2) is 10.3. The van der Waals surface area contributed by atoms with E-state index < -0.39 is 11.4 Å². The van der Waals surface area contributed by atoms with Crippen molar-refractivity contribution in [3.63, 3.8) is 0 Å². The average molecular weight is 437 g/mol. The lowest BCUT2D eigenvalue weighted by molar-refractivity contribution is -0.133. The summed E-state index contributed by atoms with van der Waals surface area (Å²) in [5.74, 6) is -0.396. The molecule has 0 saturated carbocycles. The number of furan rings is 1. The predicted octanol–water partition coefficient (Wildman–Crippen LogP) is 4.93. The highest BCUT2D eigenvalue weighted by molar-refractivity contribution is 5.97. The van der Waals surface area contributed by atoms with Crippen molar-refractivity contribution in [3.8, 4) is 0 Å². The molecule has 2 aromatic carbocycles. The second-order valence-corrected chi connectivity index (χ2v) is 8.70. The Morgan fingerprint density at radius 1 is 0.969 bits per heavy atom. The molecule has 6 heteroatoms. The topological polar surface area (TPSA) is 53.8 Å². The van der Waals surface area contributed by atoms with Crippen LogP contribution in [-0.2, 0) is 17.8 Å². The minimum atomic E-state index is -0.630. The Morgan fingerprint density at radius 3 is 2.34 bits per heavy atom. The number of amides is 2. The molecule has 0 aliphatic carbocycles. The highest BCUT2D eigenvalue weighted by atomic mass is 19.1. The molecule has 168 valence electrons. The Morgan fingerprint density at radius 2 is 1.72 bits per heavy atom. The van der Waals surface area contributed by atoms with Gasteiger partial charge in [0.2, 0.25) is 5.91 Å². The van der Waals surface area contributed by atoms with Gasteiger partial charge in [-0.15, -0.1) is 0 Å². The molecule has 1 heterocycles. The molecular formula is C26H29FN2O3. The fraction of sp³-hybridized carbons (Fsp3) is 0.308. The van der Waals surface area contributed by atoms with Crippen LogP contribution >= 0.6 is 0 Å². The van der Waals surface area contributed by atoms with Crippen LogP contribution in [0.25, 0.3) is 0 Å². The normalized spacial score (nSPS) is 11.2. The van der Waals surface area contributed by atoms with E-state index in [1.165, 1.54) is 23.1 Å². The van der Waals surface area contributed by atoms with E-state index in [0.29, 0.717) is 25.3 Å². The summed E-state index contributed by atoms with van der Waals surface area (Å²) in [7, 11) is 0. The molecular weight excluding hydrogens is 407 g/mol. The van der Waals surface area contributed by atoms with Gasteiger partial charge in [0.25, 0.3) is 5.91 Å². The summed E-state index contributed by atoms with van der Waals surface area (Å²) in [6.45, 7) is 6.25. The van der Waals surface area contributed by atoms with Gasteiger partial charge in [-0.2, -0.15) is 0 Å². The molecule has 0 bridgehead atoms. The van der Waals surface area contributed by atoms with Gasteiger partial charge in [0.1, 0.15) is 18.1 Å². The Bertz CT molecular complexity index is 1030. The molecule has 2 amide bonds. The van der Waals surface area contributed by atoms with Crippen molar-refractivity contribution in [2.24, 2.45) is 0 Å². The standard InChI is InChI=1S/C26H29FN2O3/c1-26(2,3)29(25(31)21-11-7-12-22(27)17-21)19-24(30)28(18-23-13-8-16-32-23)15-14-20-9-5-4-6-10-20/h4-13,16-17H,14-15,18-19H2,1-3H3. The van der Waals surface area contributed by atoms with E-state index in [9.17, 15) is 14.0 Å². The summed E-state index contributed by atoms with van der Waals surface area (Å²) in [5, 5.41) is 0. The van der Waals surface area contributed by atoms with Crippen molar-refractivity contribution in [2.45, 2.75) is 39.3 Å². The fourth-order valence-corrected chi connectivity index (χ4v) is 3.42. The molecule has 5 nitrogen and oxygen atoms in total. The zero-order valence-corrected chi connectivity index (χ0v) is 18.8. The largest absolute Gasteiger partial charge is 0.467 e. The predicted molar refractivity (Wildman–Crippen MR) is 121 cm³/mol. The van der Waals surface area contributed by atoms with Gasteiger partial charge in [-0.25, -0.2) is 4.39 Å². The molecule has 0 saturated heterocycles. The Labute approximate surface area is 188 Å². The van der Waals surface area contributed by atoms with Gasteiger partial charge < -0.3 is 14.2 Å². The monoisotopic (exact) mass is 436 g/mol. The Hall–Kier alpha value is -3.41. The third-order valence-electron chi connectivity index (χ3n) is 5.21. The summed E-state index contributed by atoms with van der Waals surface area (Å²) in [6, 6.07) is 19.1. The summed E-state index contributed by atoms with van der Waals surface area (Å²) >= 11 is 0. The van der Waals surface area contributed by atoms with Gasteiger partial charge in [0.05, 0.1) is 12.8 Å². The van der Waals surface area contributed by atoms with Crippen LogP contribution in [0.2, 0.25) is 0 Å². The number of halogens is 1. The van der Waals surface area contributed by atoms with Crippen molar-refractivity contribution < 1.29 is 18.4 Å². The maximum atomic E-state index is 13.7. The molecule has 32 heavy (non-hydrogen) atoms. The molecule has 0 atom stereocenters. The lowest BCUT2D eigenvalue weighted by Crippen LogP contribution is -2.51. The first-order valence-corrected chi connectivity index (χ1v) is 10.7. The molecule has 1 aromatic heterocycles. The number of nitrogens with zero attached hydrogens (tertiary/aromatic N) is 2. The summed E-state index contributed by atoms with van der Waals surface area (Å²) < 4.78 is 19.1. The molecule has 0 aliphatic rings. The number of benzene rings is 2. The average Bonchev–Trinajstić information content (AvgIpc) is 3.27. The summed E-state index contributed by atoms with van der Waals surface area (Å²) in [4.78, 5) is 29.7. The molecule has 0 fully saturated rings. The maximum Gasteiger partial charge on any atom is 0.254 e. The zero-order chi connectivity index (χ0) is 23.1. The number of rotatable bonds is 8. The smallest absolute Gasteiger partial charge is 0.254 e. The van der Waals surface area contributed by atoms with E-state index >= 15 is 0 Å². The van der Waals surface area contributed by atoms with Crippen LogP contribution in [0.15, 0.2) is 77.4 Å². The van der Waals surface area contributed by atoms with Crippen molar-refractivity contribution in [1.29, 1.82) is 0 Å². The van der Waals surface area contributed by atoms with Gasteiger partial charge >= 0.3 is 0 Å². The highest BCUT2D eigenvalue weighted by Crippen LogP contribution is 2.19. The first-order valence-electron chi connectivity index (χ1n) is 10.7. The van der Waals surface area contributed by atoms with Crippen LogP contribution < -0.4 is 0 Å². The van der Waals surface area contributed by atoms with Crippen LogP contribution in [0.5, 0.6) is 0 Å². The number of hydrogen-bond donors (Lipinski definition) is 0. The van der Waals surface area contributed by atoms with Gasteiger partial charge in [-0.1, -0.05) is 36.4 Å². The van der Waals surface area contributed by atoms with Crippen molar-refractivity contribution in [2.75, 3.05) is 13.1 Å². The lowest BCUT2D eigenvalue weighted by atomic mass is 10.0. The minimum Gasteiger partial charge on any atom is -0.467 e. The number of hydrogen-bond acceptors (Lipinski definition) is 3. The van der Waals surface area contributed by atoms with Crippen LogP contribution in [0, 0.1) is 5.82 Å². The first kappa shape index (κ1) is 23.3. The van der Waals surface area contributed by atoms with E-state index in [-0.39, 0.29) is 23.9 Å². The Balaban J connectivity index is 1.79. The van der Waals surface area contributed by atoms with E-state index in [1.807, 2.05) is 57.2 Å². The number of carbonyl (C=O) groups excluding carboxylic acids is 2. The third kappa shape index (κ3) is 6.30. The Kier molecular flexibility index (Phi) is 7.46. The van der Waals surface area contributed by atoms with E-state index in [0.717, 1.165) is 5.56 Å². The van der Waals surface area contributed by atoms with E-state index in [4.69, 9.17) is 4.42 Å². The van der Waals surface area contributed by atoms with E-state index in [1.54, 1.807) is 23.3 Å². The quantitative estimate of drug-likeness (QED) is 0.503. The molecule has 0 spiro atoms. The molecule has 3 aromatic rings. The maximum absolute atomic E-state index is 13.7. The summed E-state index contributed by atoms with van der Waals surface area (Å²) in [6.07, 6.45) is 2.25. The van der Waals surface area contributed by atoms with Gasteiger partial charge in [0.15, 0.2) is 0 Å². The van der Waals surface area contributed by atoms with Crippen LogP contribution in [0.3, 0.4) is 0 Å². The lowest BCUT2D eigenvalue weighted by Gasteiger charge is -2.36. The van der Waals surface area contributed by atoms with Crippen LogP contribution in [0.4, 0.5) is 4.39 Å². The van der Waals surface area contributed by atoms with Gasteiger partial charge in [-0.3, -0.25) is 9.59 Å². The van der Waals surface area contributed by atoms with E-state index in [2.05, 4.69) is 0 Å². The molecule has 0 radical (unpaired) electrons. The zero-order valence-electron chi connectivity index (χ0n) is 18.8. The van der Waals surface area contributed by atoms with Crippen molar-refractivity contribution in [1.82, 2.24) is 9.80 Å². The molecule has 0 N–H and O–H groups in total. The van der Waals surface area contributed by atoms with Crippen molar-refractivity contribution in [3.05, 3.63) is 95.7 Å². The molecule has 0 unspecified atom stereocenters. The van der Waals surface area contributed by atoms with Crippen LogP contribution in [-0.4, -0.2) is 40.2 Å². The molecule has 3 rings (SSSR count). The number of carbonyl (C=O) groups is 2. The van der Waals surface area contributed by atoms with Crippen molar-refractivity contribution >= 4 is 11.8 Å². The van der Waals surface area contributed by atoms with Crippen LogP contribution in [0.1, 0.15) is 42.5 Å². The van der Waals surface area contributed by atoms with Gasteiger partial charge in [0, 0.05) is 17.6 Å². The first-order chi connectivity index (χ1) is 15.2. The van der Waals surface area contributed by atoms with Gasteiger partial charge in [-0.05, 0) is 63.1 Å². The SMILES string of the molecule is CC(C)(C)N(CC(=O)N(CCc1ccccc1)Cc1ccco1)C(=O)c1cccc(F)c1. The third-order valence-corrected chi connectivity index (χ3v) is 5.21. The second-order valence-electron chi connectivity index (χ2n) is 8.70. The molecule has 0 aliphatic heterocycles. The summed E-state index contributed by atoms with van der Waals surface area (Å²) in [5.41, 5.74) is 0.706. The minimum absolute atomic E-state index is 0.117. The highest BCUT2D eigenvalue weighted by Gasteiger charge is 2.31. The fourth-order valence-electron chi connectivity index (χ4n) is 3.42.